The molecule has 0 amide bonds. The van der Waals surface area contributed by atoms with Gasteiger partial charge in [0.2, 0.25) is 0 Å². The van der Waals surface area contributed by atoms with E-state index in [1.54, 1.807) is 11.3 Å². The largest absolute Gasteiger partial charge is 0.271 e. The summed E-state index contributed by atoms with van der Waals surface area (Å²) < 4.78 is 4.05. The van der Waals surface area contributed by atoms with Crippen LogP contribution in [0.3, 0.4) is 0 Å². The highest BCUT2D eigenvalue weighted by atomic mass is 35.5. The fourth-order valence-electron chi connectivity index (χ4n) is 1.69. The van der Waals surface area contributed by atoms with Crippen molar-refractivity contribution < 1.29 is 0 Å². The first-order valence-electron chi connectivity index (χ1n) is 5.47. The molecular formula is C11H15ClN4S2. The Labute approximate surface area is 119 Å². The SMILES string of the molecule is CC(C)(C)c1nnsc1C(NN)c1sccc1Cl. The van der Waals surface area contributed by atoms with Crippen molar-refractivity contribution in [1.29, 1.82) is 0 Å². The molecule has 0 spiro atoms. The van der Waals surface area contributed by atoms with Gasteiger partial charge in [0, 0.05) is 10.3 Å². The lowest BCUT2D eigenvalue weighted by Gasteiger charge is -2.20. The Hall–Kier alpha value is -0.530. The van der Waals surface area contributed by atoms with Crippen molar-refractivity contribution >= 4 is 34.5 Å². The van der Waals surface area contributed by atoms with E-state index in [0.29, 0.717) is 0 Å². The second kappa shape index (κ2) is 5.22. The molecule has 1 unspecified atom stereocenters. The Morgan fingerprint density at radius 1 is 1.39 bits per heavy atom. The summed E-state index contributed by atoms with van der Waals surface area (Å²) in [6.07, 6.45) is 0. The summed E-state index contributed by atoms with van der Waals surface area (Å²) in [5.74, 6) is 5.69. The van der Waals surface area contributed by atoms with Gasteiger partial charge in [-0.3, -0.25) is 5.84 Å². The first-order chi connectivity index (χ1) is 8.45. The van der Waals surface area contributed by atoms with Crippen LogP contribution in [0.4, 0.5) is 0 Å². The van der Waals surface area contributed by atoms with Crippen molar-refractivity contribution in [2.75, 3.05) is 0 Å². The van der Waals surface area contributed by atoms with E-state index < -0.39 is 0 Å². The van der Waals surface area contributed by atoms with Crippen molar-refractivity contribution in [3.05, 3.63) is 31.9 Å². The molecule has 0 saturated carbocycles. The molecule has 18 heavy (non-hydrogen) atoms. The molecule has 3 N–H and O–H groups in total. The van der Waals surface area contributed by atoms with Gasteiger partial charge in [-0.1, -0.05) is 36.9 Å². The maximum atomic E-state index is 6.18. The first-order valence-corrected chi connectivity index (χ1v) is 7.50. The van der Waals surface area contributed by atoms with Crippen LogP contribution in [0.5, 0.6) is 0 Å². The molecule has 0 aliphatic carbocycles. The maximum absolute atomic E-state index is 6.18. The van der Waals surface area contributed by atoms with E-state index >= 15 is 0 Å². The van der Waals surface area contributed by atoms with Crippen LogP contribution in [0.15, 0.2) is 11.4 Å². The fourth-order valence-corrected chi connectivity index (χ4v) is 3.93. The summed E-state index contributed by atoms with van der Waals surface area (Å²) >= 11 is 9.11. The zero-order chi connectivity index (χ0) is 13.3. The molecule has 2 aromatic rings. The van der Waals surface area contributed by atoms with Gasteiger partial charge in [0.05, 0.1) is 21.6 Å². The van der Waals surface area contributed by atoms with Crippen molar-refractivity contribution in [1.82, 2.24) is 15.0 Å². The number of thiophene rings is 1. The van der Waals surface area contributed by atoms with Gasteiger partial charge in [-0.05, 0) is 23.0 Å². The van der Waals surface area contributed by atoms with Crippen LogP contribution in [-0.4, -0.2) is 9.59 Å². The second-order valence-electron chi connectivity index (χ2n) is 4.97. The maximum Gasteiger partial charge on any atom is 0.0944 e. The Bertz CT molecular complexity index is 529. The van der Waals surface area contributed by atoms with Crippen LogP contribution >= 0.6 is 34.5 Å². The van der Waals surface area contributed by atoms with Crippen LogP contribution in [0, 0.1) is 0 Å². The summed E-state index contributed by atoms with van der Waals surface area (Å²) in [7, 11) is 0. The van der Waals surface area contributed by atoms with Crippen molar-refractivity contribution in [3.8, 4) is 0 Å². The topological polar surface area (TPSA) is 63.8 Å². The standard InChI is InChI=1S/C11H15ClN4S2/c1-11(2,3)10-9(18-16-15-10)7(14-13)8-6(12)4-5-17-8/h4-5,7,14H,13H2,1-3H3. The Kier molecular flexibility index (Phi) is 4.03. The molecule has 0 aliphatic rings. The number of hydrogen-bond donors (Lipinski definition) is 2. The molecule has 2 rings (SSSR count). The highest BCUT2D eigenvalue weighted by molar-refractivity contribution is 7.11. The summed E-state index contributed by atoms with van der Waals surface area (Å²) in [5.41, 5.74) is 3.71. The highest BCUT2D eigenvalue weighted by Gasteiger charge is 2.29. The van der Waals surface area contributed by atoms with E-state index in [0.717, 1.165) is 20.5 Å². The predicted molar refractivity (Wildman–Crippen MR) is 77.1 cm³/mol. The van der Waals surface area contributed by atoms with Gasteiger partial charge in [-0.15, -0.1) is 16.4 Å². The molecule has 98 valence electrons. The van der Waals surface area contributed by atoms with Gasteiger partial charge in [0.25, 0.3) is 0 Å². The number of halogens is 1. The minimum atomic E-state index is -0.147. The van der Waals surface area contributed by atoms with Crippen molar-refractivity contribution in [3.63, 3.8) is 0 Å². The Morgan fingerprint density at radius 2 is 2.11 bits per heavy atom. The van der Waals surface area contributed by atoms with E-state index in [9.17, 15) is 0 Å². The molecule has 0 fully saturated rings. The molecule has 2 heterocycles. The zero-order valence-electron chi connectivity index (χ0n) is 10.4. The summed E-state index contributed by atoms with van der Waals surface area (Å²) in [6.45, 7) is 6.32. The van der Waals surface area contributed by atoms with Gasteiger partial charge in [-0.25, -0.2) is 5.43 Å². The number of hydrazine groups is 1. The third-order valence-electron chi connectivity index (χ3n) is 2.56. The van der Waals surface area contributed by atoms with E-state index in [-0.39, 0.29) is 11.5 Å². The second-order valence-corrected chi connectivity index (χ2v) is 7.11. The quantitative estimate of drug-likeness (QED) is 0.675. The van der Waals surface area contributed by atoms with E-state index in [4.69, 9.17) is 17.4 Å². The number of rotatable bonds is 3. The van der Waals surface area contributed by atoms with Crippen LogP contribution < -0.4 is 11.3 Å². The van der Waals surface area contributed by atoms with Crippen LogP contribution in [-0.2, 0) is 5.41 Å². The number of aromatic nitrogens is 2. The summed E-state index contributed by atoms with van der Waals surface area (Å²) in [4.78, 5) is 2.02. The van der Waals surface area contributed by atoms with E-state index in [2.05, 4.69) is 35.8 Å². The minimum absolute atomic E-state index is 0.0683. The lowest BCUT2D eigenvalue weighted by atomic mass is 9.90. The molecule has 0 aliphatic heterocycles. The van der Waals surface area contributed by atoms with Gasteiger partial charge >= 0.3 is 0 Å². The molecule has 7 heteroatoms. The predicted octanol–water partition coefficient (Wildman–Crippen LogP) is 3.10. The van der Waals surface area contributed by atoms with Gasteiger partial charge in [0.15, 0.2) is 0 Å². The van der Waals surface area contributed by atoms with Crippen molar-refractivity contribution in [2.45, 2.75) is 32.2 Å². The molecule has 0 saturated heterocycles. The van der Waals surface area contributed by atoms with Gasteiger partial charge < -0.3 is 0 Å². The average molecular weight is 303 g/mol. The van der Waals surface area contributed by atoms with E-state index in [1.165, 1.54) is 11.5 Å². The van der Waals surface area contributed by atoms with Crippen molar-refractivity contribution in [2.24, 2.45) is 5.84 Å². The molecule has 0 bridgehead atoms. The molecular weight excluding hydrogens is 288 g/mol. The van der Waals surface area contributed by atoms with Gasteiger partial charge in [-0.2, -0.15) is 0 Å². The number of nitrogens with two attached hydrogens (primary N) is 1. The summed E-state index contributed by atoms with van der Waals surface area (Å²) in [5, 5.41) is 6.90. The van der Waals surface area contributed by atoms with E-state index in [1.807, 2.05) is 11.4 Å². The molecule has 1 atom stereocenters. The third-order valence-corrected chi connectivity index (χ3v) is 4.77. The number of hydrogen-bond acceptors (Lipinski definition) is 6. The Balaban J connectivity index is 2.47. The highest BCUT2D eigenvalue weighted by Crippen LogP contribution is 2.37. The third kappa shape index (κ3) is 2.57. The normalized spacial score (nSPS) is 13.8. The first kappa shape index (κ1) is 13.9. The minimum Gasteiger partial charge on any atom is -0.271 e. The lowest BCUT2D eigenvalue weighted by Crippen LogP contribution is -2.30. The zero-order valence-corrected chi connectivity index (χ0v) is 12.8. The Morgan fingerprint density at radius 3 is 2.61 bits per heavy atom. The smallest absolute Gasteiger partial charge is 0.0944 e. The monoisotopic (exact) mass is 302 g/mol. The number of nitrogens with zero attached hydrogens (tertiary/aromatic N) is 2. The van der Waals surface area contributed by atoms with Crippen LogP contribution in [0.1, 0.15) is 42.3 Å². The van der Waals surface area contributed by atoms with Gasteiger partial charge in [0.1, 0.15) is 0 Å². The average Bonchev–Trinajstić information content (AvgIpc) is 2.89. The molecule has 4 nitrogen and oxygen atoms in total. The lowest BCUT2D eigenvalue weighted by molar-refractivity contribution is 0.545. The van der Waals surface area contributed by atoms with Crippen LogP contribution in [0.2, 0.25) is 5.02 Å². The number of nitrogens with one attached hydrogen (secondary N) is 1. The molecule has 2 aromatic heterocycles. The molecule has 0 aromatic carbocycles. The summed E-state index contributed by atoms with van der Waals surface area (Å²) in [6, 6.07) is 1.73. The van der Waals surface area contributed by atoms with Crippen LogP contribution in [0.25, 0.3) is 0 Å². The molecule has 0 radical (unpaired) electrons. The fraction of sp³-hybridized carbons (Fsp3) is 0.455.